The first-order valence-corrected chi connectivity index (χ1v) is 0. The summed E-state index contributed by atoms with van der Waals surface area (Å²) in [6.07, 6.45) is 0. The van der Waals surface area contributed by atoms with Gasteiger partial charge in [-0.25, -0.2) is 0 Å². The Bertz CT molecular complexity index is 12.9. The minimum Gasteiger partial charge on any atom is -2.00 e. The molecule has 0 rings (SSSR count). The molecule has 0 nitrogen and oxygen atoms in total. The summed E-state index contributed by atoms with van der Waals surface area (Å²) in [7, 11) is 0. The van der Waals surface area contributed by atoms with Crippen molar-refractivity contribution in [3.05, 3.63) is 0 Å². The van der Waals surface area contributed by atoms with Gasteiger partial charge in [0.15, 0.2) is 0 Å². The third-order valence-electron chi connectivity index (χ3n) is 0. The molecule has 0 saturated heterocycles. The molecule has 50 valence electrons. The normalized spacial score (nSPS) is 0. The molecule has 0 saturated carbocycles. The van der Waals surface area contributed by atoms with E-state index < -0.39 is 0 Å². The maximum absolute atomic E-state index is 0. The third kappa shape index (κ3) is 74.4. The van der Waals surface area contributed by atoms with Gasteiger partial charge in [-0.3, -0.25) is 0 Å². The van der Waals surface area contributed by atoms with E-state index >= 15 is 0 Å². The van der Waals surface area contributed by atoms with Gasteiger partial charge >= 0.3 is 73.1 Å². The van der Waals surface area contributed by atoms with Crippen molar-refractivity contribution >= 4 is 67.5 Å². The van der Waals surface area contributed by atoms with E-state index in [0.29, 0.717) is 0 Å². The summed E-state index contributed by atoms with van der Waals surface area (Å²) in [6, 6.07) is 0. The Morgan fingerprint density at radius 2 is 0.333 bits per heavy atom. The van der Waals surface area contributed by atoms with E-state index in [4.69, 9.17) is 0 Å². The molecule has 9 heavy (non-hydrogen) atoms. The Balaban J connectivity index is 0. The predicted octanol–water partition coefficient (Wildman–Crippen LogP) is -0.0220. The molecule has 0 aromatic heterocycles. The average molecular weight is 403 g/mol. The molecule has 0 aromatic rings. The van der Waals surface area contributed by atoms with Crippen molar-refractivity contribution in [1.29, 1.82) is 0 Å². The van der Waals surface area contributed by atoms with E-state index in [1.165, 1.54) is 0 Å². The minimum absolute atomic E-state index is 0. The smallest absolute Gasteiger partial charge is 2.00 e. The molecule has 9 heteroatoms. The van der Waals surface area contributed by atoms with Crippen LogP contribution in [-0.4, -0.2) is 0 Å². The van der Waals surface area contributed by atoms with Crippen LogP contribution in [0.25, 0.3) is 0 Å². The van der Waals surface area contributed by atoms with E-state index in [1.54, 1.807) is 0 Å². The monoisotopic (exact) mass is 400 g/mol. The standard InChI is InChI=1S/2Fe.5S.2Zn/q2*+3;5*-2;2*+2. The second kappa shape index (κ2) is 90.0. The molecule has 0 aliphatic heterocycles. The third-order valence-corrected chi connectivity index (χ3v) is 0. The van der Waals surface area contributed by atoms with Crippen molar-refractivity contribution in [2.45, 2.75) is 0 Å². The van der Waals surface area contributed by atoms with Gasteiger partial charge < -0.3 is 67.5 Å². The van der Waals surface area contributed by atoms with Crippen LogP contribution in [0.4, 0.5) is 0 Å². The number of rotatable bonds is 0. The molecule has 0 N–H and O–H groups in total. The summed E-state index contributed by atoms with van der Waals surface area (Å²) in [6.45, 7) is 0. The van der Waals surface area contributed by atoms with Gasteiger partial charge in [0.25, 0.3) is 0 Å². The molecular weight excluding hydrogens is 403 g/mol. The van der Waals surface area contributed by atoms with Crippen LogP contribution in [0.15, 0.2) is 0 Å². The van der Waals surface area contributed by atoms with Crippen molar-refractivity contribution in [3.8, 4) is 0 Å². The van der Waals surface area contributed by atoms with Gasteiger partial charge in [-0.2, -0.15) is 0 Å². The summed E-state index contributed by atoms with van der Waals surface area (Å²) in [5.41, 5.74) is 0. The molecule has 0 heterocycles. The zero-order valence-electron chi connectivity index (χ0n) is 4.16. The van der Waals surface area contributed by atoms with Crippen LogP contribution in [0.2, 0.25) is 0 Å². The molecule has 0 unspecified atom stereocenters. The fraction of sp³-hybridized carbons (Fsp3) is 0. The molecule has 0 spiro atoms. The van der Waals surface area contributed by atoms with Crippen molar-refractivity contribution in [2.75, 3.05) is 0 Å². The van der Waals surface area contributed by atoms with E-state index in [1.807, 2.05) is 0 Å². The average Bonchev–Trinajstić information content (AvgIpc) is 0. The van der Waals surface area contributed by atoms with Gasteiger partial charge in [0.1, 0.15) is 0 Å². The molecule has 0 atom stereocenters. The van der Waals surface area contributed by atoms with Gasteiger partial charge in [-0.1, -0.05) is 0 Å². The molecule has 0 fully saturated rings. The number of hydrogen-bond acceptors (Lipinski definition) is 0. The zero-order chi connectivity index (χ0) is 0. The van der Waals surface area contributed by atoms with Gasteiger partial charge in [-0.15, -0.1) is 0 Å². The van der Waals surface area contributed by atoms with Crippen molar-refractivity contribution in [1.82, 2.24) is 0 Å². The molecule has 0 aromatic carbocycles. The first-order chi connectivity index (χ1) is 0. The quantitative estimate of drug-likeness (QED) is 0.500. The number of hydrogen-bond donors (Lipinski definition) is 0. The van der Waals surface area contributed by atoms with Gasteiger partial charge in [0.05, 0.1) is 0 Å². The first kappa shape index (κ1) is 116. The van der Waals surface area contributed by atoms with Gasteiger partial charge in [0.2, 0.25) is 0 Å². The Morgan fingerprint density at radius 3 is 0.333 bits per heavy atom. The molecule has 2 radical (unpaired) electrons. The molecule has 0 amide bonds. The van der Waals surface area contributed by atoms with Crippen LogP contribution >= 0.6 is 0 Å². The largest absolute Gasteiger partial charge is 3.00 e. The van der Waals surface area contributed by atoms with E-state index in [-0.39, 0.29) is 141 Å². The van der Waals surface area contributed by atoms with Gasteiger partial charge in [-0.05, 0) is 0 Å². The molecule has 0 aliphatic carbocycles. The fourth-order valence-electron chi connectivity index (χ4n) is 0. The van der Waals surface area contributed by atoms with E-state index in [2.05, 4.69) is 0 Å². The second-order valence-electron chi connectivity index (χ2n) is 0. The van der Waals surface area contributed by atoms with Crippen LogP contribution in [0.5, 0.6) is 0 Å². The molecular formula is Fe2S5Zn2. The predicted molar refractivity (Wildman–Crippen MR) is 36.8 cm³/mol. The van der Waals surface area contributed by atoms with Crippen molar-refractivity contribution < 1.29 is 73.1 Å². The maximum atomic E-state index is 0. The zero-order valence-corrected chi connectivity index (χ0v) is 16.4. The van der Waals surface area contributed by atoms with E-state index in [9.17, 15) is 0 Å². The fourth-order valence-corrected chi connectivity index (χ4v) is 0. The summed E-state index contributed by atoms with van der Waals surface area (Å²) < 4.78 is 0. The van der Waals surface area contributed by atoms with Crippen LogP contribution in [0.3, 0.4) is 0 Å². The Hall–Kier alpha value is 4.04. The van der Waals surface area contributed by atoms with Gasteiger partial charge in [0, 0.05) is 0 Å². The summed E-state index contributed by atoms with van der Waals surface area (Å²) in [4.78, 5) is 0. The molecule has 0 bridgehead atoms. The Labute approximate surface area is 138 Å². The first-order valence-electron chi connectivity index (χ1n) is 0. The van der Waals surface area contributed by atoms with Crippen molar-refractivity contribution in [3.63, 3.8) is 0 Å². The Morgan fingerprint density at radius 1 is 0.333 bits per heavy atom. The minimum atomic E-state index is 0. The summed E-state index contributed by atoms with van der Waals surface area (Å²) in [5, 5.41) is 0. The van der Waals surface area contributed by atoms with Crippen LogP contribution in [0.1, 0.15) is 0 Å². The van der Waals surface area contributed by atoms with Crippen LogP contribution in [0, 0.1) is 0 Å². The summed E-state index contributed by atoms with van der Waals surface area (Å²) >= 11 is 0. The van der Waals surface area contributed by atoms with E-state index in [0.717, 1.165) is 0 Å². The second-order valence-corrected chi connectivity index (χ2v) is 0. The van der Waals surface area contributed by atoms with Crippen LogP contribution in [-0.2, 0) is 141 Å². The SMILES string of the molecule is [Fe+3].[Fe+3].[S-2].[S-2].[S-2].[S-2].[S-2].[Zn+2].[Zn+2]. The Kier molecular flexibility index (Phi) is 1160. The molecule has 0 aliphatic rings. The van der Waals surface area contributed by atoms with Crippen LogP contribution < -0.4 is 0 Å². The summed E-state index contributed by atoms with van der Waals surface area (Å²) in [5.74, 6) is 0. The topological polar surface area (TPSA) is 0 Å². The maximum Gasteiger partial charge on any atom is 3.00 e. The van der Waals surface area contributed by atoms with Crippen molar-refractivity contribution in [2.24, 2.45) is 0 Å².